The quantitative estimate of drug-likeness (QED) is 0.0510. The van der Waals surface area contributed by atoms with E-state index in [9.17, 15) is 41.3 Å². The summed E-state index contributed by atoms with van der Waals surface area (Å²) in [5, 5.41) is 21.1. The number of hydrogen-bond acceptors (Lipinski definition) is 20. The Kier molecular flexibility index (Phi) is 19.2. The summed E-state index contributed by atoms with van der Waals surface area (Å²) in [4.78, 5) is 66.3. The highest BCUT2D eigenvalue weighted by Crippen LogP contribution is 2.44. The Morgan fingerprint density at radius 2 is 1.01 bits per heavy atom. The van der Waals surface area contributed by atoms with Crippen LogP contribution in [0.1, 0.15) is 54.4 Å². The maximum Gasteiger partial charge on any atom is 0.303 e. The minimum Gasteiger partial charge on any atom is -0.459 e. The van der Waals surface area contributed by atoms with Crippen LogP contribution in [-0.4, -0.2) is 147 Å². The minimum absolute atomic E-state index is 0.00292. The lowest BCUT2D eigenvalue weighted by Gasteiger charge is -2.48. The van der Waals surface area contributed by atoms with Crippen LogP contribution in [0.5, 0.6) is 0 Å². The van der Waals surface area contributed by atoms with Gasteiger partial charge in [-0.3, -0.25) is 19.2 Å². The van der Waals surface area contributed by atoms with Crippen LogP contribution in [0, 0.1) is 5.92 Å². The Bertz CT molecular complexity index is 2130. The van der Waals surface area contributed by atoms with E-state index in [2.05, 4.69) is 60.2 Å². The van der Waals surface area contributed by atoms with Crippen molar-refractivity contribution in [3.63, 3.8) is 0 Å². The molecule has 32 nitrogen and oxygen atoms in total. The molecule has 0 N–H and O–H groups in total. The highest BCUT2D eigenvalue weighted by atomic mass is 19.3. The van der Waals surface area contributed by atoms with E-state index < -0.39 is 159 Å². The number of azide groups is 6. The normalized spacial score (nSPS) is 36.2. The summed E-state index contributed by atoms with van der Waals surface area (Å²) in [5.74, 6) is -9.48. The van der Waals surface area contributed by atoms with Crippen LogP contribution < -0.4 is 0 Å². The lowest BCUT2D eigenvalue weighted by atomic mass is 9.83. The number of ether oxygens (including phenoxy) is 10. The number of carbonyl (C=O) groups is 4. The molecule has 4 fully saturated rings. The predicted molar refractivity (Wildman–Crippen MR) is 212 cm³/mol. The van der Waals surface area contributed by atoms with Gasteiger partial charge in [-0.25, -0.2) is 8.78 Å². The minimum atomic E-state index is -3.91. The van der Waals surface area contributed by atoms with Crippen molar-refractivity contribution in [3.05, 3.63) is 62.7 Å². The molecule has 3 heterocycles. The molecule has 0 amide bonds. The molecule has 0 aromatic rings. The lowest BCUT2D eigenvalue weighted by molar-refractivity contribution is -0.321. The van der Waals surface area contributed by atoms with Crippen LogP contribution in [-0.2, 0) is 66.5 Å². The molecule has 0 aromatic carbocycles. The summed E-state index contributed by atoms with van der Waals surface area (Å²) in [6, 6.07) is -7.14. The molecule has 0 spiro atoms. The van der Waals surface area contributed by atoms with Crippen LogP contribution in [0.25, 0.3) is 62.7 Å². The summed E-state index contributed by atoms with van der Waals surface area (Å²) >= 11 is 0. The largest absolute Gasteiger partial charge is 0.459 e. The van der Waals surface area contributed by atoms with Gasteiger partial charge in [0.05, 0.1) is 43.5 Å². The first kappa shape index (κ1) is 53.0. The molecule has 0 aromatic heterocycles. The summed E-state index contributed by atoms with van der Waals surface area (Å²) in [5.41, 5.74) is 56.3. The average molecular weight is 955 g/mol. The number of nitrogens with zero attached hydrogens (tertiary/aromatic N) is 18. The number of alkyl halides is 2. The van der Waals surface area contributed by atoms with Crippen molar-refractivity contribution in [2.75, 3.05) is 13.1 Å². The van der Waals surface area contributed by atoms with Crippen molar-refractivity contribution >= 4 is 23.9 Å². The Labute approximate surface area is 375 Å². The van der Waals surface area contributed by atoms with Gasteiger partial charge < -0.3 is 47.4 Å². The van der Waals surface area contributed by atoms with Gasteiger partial charge in [0.25, 0.3) is 5.92 Å². The van der Waals surface area contributed by atoms with Crippen molar-refractivity contribution in [1.29, 1.82) is 0 Å². The molecule has 67 heavy (non-hydrogen) atoms. The summed E-state index contributed by atoms with van der Waals surface area (Å²) in [7, 11) is 0. The second-order valence-electron chi connectivity index (χ2n) is 15.1. The van der Waals surface area contributed by atoms with Crippen LogP contribution >= 0.6 is 0 Å². The Morgan fingerprint density at radius 1 is 0.552 bits per heavy atom. The van der Waals surface area contributed by atoms with Crippen LogP contribution in [0.4, 0.5) is 8.78 Å². The van der Waals surface area contributed by atoms with E-state index in [-0.39, 0.29) is 6.42 Å². The molecule has 4 rings (SSSR count). The molecule has 3 aliphatic heterocycles. The fraction of sp³-hybridized carbons (Fsp3) is 0.879. The number of carbonyl (C=O) groups excluding carboxylic acids is 4. The van der Waals surface area contributed by atoms with Gasteiger partial charge in [-0.15, -0.1) is 0 Å². The molecule has 364 valence electrons. The second-order valence-corrected chi connectivity index (χ2v) is 15.1. The first-order valence-electron chi connectivity index (χ1n) is 20.1. The van der Waals surface area contributed by atoms with Crippen LogP contribution in [0.3, 0.4) is 0 Å². The Hall–Kier alpha value is -6.64. The van der Waals surface area contributed by atoms with Gasteiger partial charge in [-0.1, -0.05) is 44.5 Å². The zero-order chi connectivity index (χ0) is 49.6. The topological polar surface area (TPSA) is 453 Å². The third kappa shape index (κ3) is 12.8. The zero-order valence-corrected chi connectivity index (χ0v) is 36.2. The van der Waals surface area contributed by atoms with Gasteiger partial charge >= 0.3 is 23.9 Å². The van der Waals surface area contributed by atoms with Crippen molar-refractivity contribution in [2.45, 2.75) is 164 Å². The third-order valence-corrected chi connectivity index (χ3v) is 10.8. The molecular weight excluding hydrogens is 910 g/mol. The molecule has 1 saturated carbocycles. The second kappa shape index (κ2) is 24.2. The fourth-order valence-electron chi connectivity index (χ4n) is 8.02. The smallest absolute Gasteiger partial charge is 0.303 e. The van der Waals surface area contributed by atoms with E-state index in [1.165, 1.54) is 0 Å². The van der Waals surface area contributed by atoms with Gasteiger partial charge in [-0.05, 0) is 46.0 Å². The highest BCUT2D eigenvalue weighted by Gasteiger charge is 2.61. The van der Waals surface area contributed by atoms with E-state index in [1.54, 1.807) is 6.92 Å². The molecule has 0 radical (unpaired) electrons. The maximum absolute atomic E-state index is 16.0. The van der Waals surface area contributed by atoms with E-state index in [0.29, 0.717) is 0 Å². The zero-order valence-electron chi connectivity index (χ0n) is 36.2. The highest BCUT2D eigenvalue weighted by molar-refractivity contribution is 5.68. The number of hydrogen-bond donors (Lipinski definition) is 0. The van der Waals surface area contributed by atoms with Crippen molar-refractivity contribution in [1.82, 2.24) is 0 Å². The first-order chi connectivity index (χ1) is 31.9. The Morgan fingerprint density at radius 3 is 1.55 bits per heavy atom. The maximum atomic E-state index is 16.0. The number of halogens is 2. The molecule has 0 unspecified atom stereocenters. The molecule has 1 aliphatic carbocycles. The van der Waals surface area contributed by atoms with E-state index in [1.807, 2.05) is 0 Å². The summed E-state index contributed by atoms with van der Waals surface area (Å²) < 4.78 is 91.1. The molecule has 3 saturated heterocycles. The van der Waals surface area contributed by atoms with Crippen molar-refractivity contribution in [2.24, 2.45) is 36.6 Å². The van der Waals surface area contributed by atoms with Gasteiger partial charge in [0, 0.05) is 63.1 Å². The molecular formula is C33H44F2N18O14. The van der Waals surface area contributed by atoms with Crippen LogP contribution in [0.2, 0.25) is 0 Å². The number of esters is 4. The third-order valence-electron chi connectivity index (χ3n) is 10.8. The van der Waals surface area contributed by atoms with Gasteiger partial charge in [0.15, 0.2) is 43.2 Å². The van der Waals surface area contributed by atoms with E-state index in [0.717, 1.165) is 34.6 Å². The van der Waals surface area contributed by atoms with Crippen LogP contribution in [0.15, 0.2) is 30.7 Å². The van der Waals surface area contributed by atoms with Gasteiger partial charge in [0.1, 0.15) is 30.5 Å². The van der Waals surface area contributed by atoms with Gasteiger partial charge in [-0.2, -0.15) is 0 Å². The standard InChI is InChI=1S/C33H44F2N18O14/c1-7-18-24(66-30-21(46-52-40)26(60-14(5)56)25(59-13(4)55)20(64-30)10-43-49-37)28(61-15(6)57)31(62-18)67-27-22(58-12(3)54)16(44-50-38)8-17(45-51-39)23(27)65-32-29(47-53-41)33(34,35)11(2)19(63-32)9-42-48-36/h11,16-32H,7-10H2,1-6H3/t11-,16-,17+,18-,19-,20+,21-,22+,23-,24-,25-,26-,27-,28-,29+,30-,31+,32-/m1/s1. The lowest BCUT2D eigenvalue weighted by Crippen LogP contribution is -2.64. The Balaban J connectivity index is 1.87. The van der Waals surface area contributed by atoms with E-state index in [4.69, 9.17) is 58.4 Å². The van der Waals surface area contributed by atoms with Crippen molar-refractivity contribution < 1.29 is 75.3 Å². The number of rotatable bonds is 19. The predicted octanol–water partition coefficient (Wildman–Crippen LogP) is 5.46. The summed E-state index contributed by atoms with van der Waals surface area (Å²) in [6.45, 7) is 5.37. The summed E-state index contributed by atoms with van der Waals surface area (Å²) in [6.07, 6.45) is -22.6. The molecule has 0 bridgehead atoms. The molecule has 34 heteroatoms. The van der Waals surface area contributed by atoms with Gasteiger partial charge in [0.2, 0.25) is 0 Å². The monoisotopic (exact) mass is 954 g/mol. The SMILES string of the molecule is CC[C@H]1O[C@@H](O[C@@H]2[C@@H](OC(C)=O)[C@H](N=[N+]=[N-])C[C@H](N=[N+]=[N-])[C@H]2O[C@H]2O[C@H](CN=[N+]=[N-])[C@@H](C)C(F)(F)[C@H]2N=[N+]=[N-])[C@H](OC(C)=O)[C@@H]1O[C@H]1O[C@@H](CN=[N+]=[N-])[C@@H](OC(C)=O)[C@H](OC(C)=O)[C@H]1N=[N+]=[N-]. The fourth-order valence-corrected chi connectivity index (χ4v) is 8.02. The van der Waals surface area contributed by atoms with E-state index >= 15 is 8.78 Å². The average Bonchev–Trinajstić information content (AvgIpc) is 3.57. The first-order valence-corrected chi connectivity index (χ1v) is 20.1. The molecule has 4 aliphatic rings. The molecule has 18 atom stereocenters. The van der Waals surface area contributed by atoms with Crippen molar-refractivity contribution in [3.8, 4) is 0 Å².